The lowest BCUT2D eigenvalue weighted by Gasteiger charge is -2.18. The predicted molar refractivity (Wildman–Crippen MR) is 29.3 cm³/mol. The van der Waals surface area contributed by atoms with Crippen molar-refractivity contribution in [1.29, 1.82) is 0 Å². The quantitative estimate of drug-likeness (QED) is 0.464. The molecule has 0 aromatic heterocycles. The van der Waals surface area contributed by atoms with E-state index in [1.54, 1.807) is 20.8 Å². The standard InChI is InChI=1S/C6H10F2O/c1-5(2,3)6(8)4(7)9-6/h4H,1-3H3. The highest BCUT2D eigenvalue weighted by atomic mass is 19.2. The van der Waals surface area contributed by atoms with Crippen LogP contribution in [0.15, 0.2) is 0 Å². The Hall–Kier alpha value is -0.180. The molecule has 2 unspecified atom stereocenters. The van der Waals surface area contributed by atoms with Crippen molar-refractivity contribution in [3.05, 3.63) is 0 Å². The Labute approximate surface area is 53.0 Å². The summed E-state index contributed by atoms with van der Waals surface area (Å²) in [6.07, 6.45) is -1.71. The third kappa shape index (κ3) is 0.834. The highest BCUT2D eigenvalue weighted by Gasteiger charge is 2.66. The molecule has 0 N–H and O–H groups in total. The molecule has 1 aliphatic rings. The van der Waals surface area contributed by atoms with E-state index in [0.717, 1.165) is 0 Å². The highest BCUT2D eigenvalue weighted by Crippen LogP contribution is 2.51. The third-order valence-corrected chi connectivity index (χ3v) is 1.53. The molecule has 2 atom stereocenters. The second-order valence-electron chi connectivity index (χ2n) is 3.33. The van der Waals surface area contributed by atoms with Gasteiger partial charge in [-0.2, -0.15) is 0 Å². The Morgan fingerprint density at radius 3 is 1.78 bits per heavy atom. The van der Waals surface area contributed by atoms with Crippen LogP contribution in [0.3, 0.4) is 0 Å². The van der Waals surface area contributed by atoms with Gasteiger partial charge in [-0.1, -0.05) is 20.8 Å². The molecule has 0 bridgehead atoms. The number of epoxide rings is 1. The van der Waals surface area contributed by atoms with Gasteiger partial charge in [-0.3, -0.25) is 0 Å². The molecule has 54 valence electrons. The molecule has 0 spiro atoms. The van der Waals surface area contributed by atoms with Crippen LogP contribution in [0.2, 0.25) is 0 Å². The van der Waals surface area contributed by atoms with Crippen molar-refractivity contribution >= 4 is 0 Å². The summed E-state index contributed by atoms with van der Waals surface area (Å²) >= 11 is 0. The minimum atomic E-state index is -2.02. The molecule has 1 aliphatic heterocycles. The van der Waals surface area contributed by atoms with E-state index in [1.165, 1.54) is 0 Å². The first-order chi connectivity index (χ1) is 3.88. The van der Waals surface area contributed by atoms with Gasteiger partial charge in [0.05, 0.1) is 0 Å². The van der Waals surface area contributed by atoms with Crippen molar-refractivity contribution in [3.63, 3.8) is 0 Å². The first-order valence-electron chi connectivity index (χ1n) is 2.89. The maximum absolute atomic E-state index is 12.8. The second-order valence-corrected chi connectivity index (χ2v) is 3.33. The molecular weight excluding hydrogens is 126 g/mol. The Bertz CT molecular complexity index is 130. The summed E-state index contributed by atoms with van der Waals surface area (Å²) in [4.78, 5) is 0. The van der Waals surface area contributed by atoms with Crippen molar-refractivity contribution in [1.82, 2.24) is 0 Å². The largest absolute Gasteiger partial charge is 0.301 e. The molecule has 0 radical (unpaired) electrons. The normalized spacial score (nSPS) is 43.0. The zero-order valence-electron chi connectivity index (χ0n) is 5.74. The molecule has 0 saturated carbocycles. The van der Waals surface area contributed by atoms with Crippen LogP contribution in [0.5, 0.6) is 0 Å². The van der Waals surface area contributed by atoms with E-state index in [9.17, 15) is 8.78 Å². The summed E-state index contributed by atoms with van der Waals surface area (Å²) in [7, 11) is 0. The zero-order chi connectivity index (χ0) is 7.28. The zero-order valence-corrected chi connectivity index (χ0v) is 5.74. The fraction of sp³-hybridized carbons (Fsp3) is 1.00. The Morgan fingerprint density at radius 2 is 1.78 bits per heavy atom. The number of alkyl halides is 2. The molecule has 3 heteroatoms. The van der Waals surface area contributed by atoms with Crippen molar-refractivity contribution in [3.8, 4) is 0 Å². The molecule has 1 rings (SSSR count). The molecule has 0 aromatic carbocycles. The number of hydrogen-bond donors (Lipinski definition) is 0. The summed E-state index contributed by atoms with van der Waals surface area (Å²) in [5.74, 6) is -2.02. The number of halogens is 2. The minimum Gasteiger partial charge on any atom is -0.301 e. The van der Waals surface area contributed by atoms with Gasteiger partial charge in [0.2, 0.25) is 0 Å². The lowest BCUT2D eigenvalue weighted by molar-refractivity contribution is 0.0261. The van der Waals surface area contributed by atoms with Gasteiger partial charge < -0.3 is 4.74 Å². The smallest absolute Gasteiger partial charge is 0.273 e. The summed E-state index contributed by atoms with van der Waals surface area (Å²) in [5, 5.41) is 0. The van der Waals surface area contributed by atoms with Gasteiger partial charge in [0.15, 0.2) is 0 Å². The van der Waals surface area contributed by atoms with Gasteiger partial charge >= 0.3 is 0 Å². The number of rotatable bonds is 0. The van der Waals surface area contributed by atoms with Crippen LogP contribution in [-0.4, -0.2) is 12.2 Å². The SMILES string of the molecule is CC(C)(C)C1(F)OC1F. The molecule has 1 fully saturated rings. The summed E-state index contributed by atoms with van der Waals surface area (Å²) < 4.78 is 29.0. The van der Waals surface area contributed by atoms with Gasteiger partial charge in [-0.25, -0.2) is 8.78 Å². The number of ether oxygens (including phenoxy) is 1. The molecule has 1 saturated heterocycles. The first-order valence-corrected chi connectivity index (χ1v) is 2.89. The fourth-order valence-corrected chi connectivity index (χ4v) is 0.634. The van der Waals surface area contributed by atoms with Crippen LogP contribution in [0.1, 0.15) is 20.8 Å². The lowest BCUT2D eigenvalue weighted by Crippen LogP contribution is -2.26. The van der Waals surface area contributed by atoms with Crippen LogP contribution in [0.25, 0.3) is 0 Å². The Balaban J connectivity index is 2.64. The third-order valence-electron chi connectivity index (χ3n) is 1.53. The topological polar surface area (TPSA) is 12.5 Å². The Morgan fingerprint density at radius 1 is 1.44 bits per heavy atom. The van der Waals surface area contributed by atoms with E-state index < -0.39 is 17.6 Å². The summed E-state index contributed by atoms with van der Waals surface area (Å²) in [6.45, 7) is 4.81. The van der Waals surface area contributed by atoms with E-state index in [-0.39, 0.29) is 0 Å². The van der Waals surface area contributed by atoms with E-state index in [1.807, 2.05) is 0 Å². The maximum atomic E-state index is 12.8. The van der Waals surface area contributed by atoms with E-state index >= 15 is 0 Å². The van der Waals surface area contributed by atoms with E-state index in [2.05, 4.69) is 4.74 Å². The fourth-order valence-electron chi connectivity index (χ4n) is 0.634. The molecule has 0 amide bonds. The average molecular weight is 136 g/mol. The van der Waals surface area contributed by atoms with Crippen LogP contribution >= 0.6 is 0 Å². The molecule has 0 aromatic rings. The van der Waals surface area contributed by atoms with Crippen LogP contribution in [-0.2, 0) is 4.74 Å². The maximum Gasteiger partial charge on any atom is 0.273 e. The average Bonchev–Trinajstić information content (AvgIpc) is 2.13. The highest BCUT2D eigenvalue weighted by molar-refractivity contribution is 4.96. The molecule has 0 aliphatic carbocycles. The predicted octanol–water partition coefficient (Wildman–Crippen LogP) is 2.02. The second kappa shape index (κ2) is 1.45. The van der Waals surface area contributed by atoms with Crippen molar-refractivity contribution in [2.45, 2.75) is 33.0 Å². The number of hydrogen-bond acceptors (Lipinski definition) is 1. The van der Waals surface area contributed by atoms with E-state index in [4.69, 9.17) is 0 Å². The van der Waals surface area contributed by atoms with Crippen LogP contribution in [0, 0.1) is 5.41 Å². The van der Waals surface area contributed by atoms with E-state index in [0.29, 0.717) is 0 Å². The van der Waals surface area contributed by atoms with Gasteiger partial charge in [0.25, 0.3) is 12.2 Å². The minimum absolute atomic E-state index is 0.744. The van der Waals surface area contributed by atoms with Crippen molar-refractivity contribution in [2.75, 3.05) is 0 Å². The summed E-state index contributed by atoms with van der Waals surface area (Å²) in [5.41, 5.74) is -0.744. The molecule has 1 nitrogen and oxygen atoms in total. The van der Waals surface area contributed by atoms with Gasteiger partial charge in [0.1, 0.15) is 0 Å². The monoisotopic (exact) mass is 136 g/mol. The van der Waals surface area contributed by atoms with Crippen molar-refractivity contribution < 1.29 is 13.5 Å². The lowest BCUT2D eigenvalue weighted by atomic mass is 9.90. The molecular formula is C6H10F2O. The van der Waals surface area contributed by atoms with Crippen LogP contribution in [0.4, 0.5) is 8.78 Å². The Kier molecular flexibility index (Phi) is 1.12. The molecule has 9 heavy (non-hydrogen) atoms. The van der Waals surface area contributed by atoms with Crippen molar-refractivity contribution in [2.24, 2.45) is 5.41 Å². The van der Waals surface area contributed by atoms with Gasteiger partial charge in [-0.05, 0) is 0 Å². The van der Waals surface area contributed by atoms with Gasteiger partial charge in [0, 0.05) is 5.41 Å². The summed E-state index contributed by atoms with van der Waals surface area (Å²) in [6, 6.07) is 0. The molecule has 1 heterocycles. The van der Waals surface area contributed by atoms with Gasteiger partial charge in [-0.15, -0.1) is 0 Å². The first kappa shape index (κ1) is 6.93. The van der Waals surface area contributed by atoms with Crippen LogP contribution < -0.4 is 0 Å².